The summed E-state index contributed by atoms with van der Waals surface area (Å²) in [5.74, 6) is 2.12. The number of anilines is 2. The molecule has 230 valence electrons. The molecule has 5 rings (SSSR count). The molecule has 4 heterocycles. The van der Waals surface area contributed by atoms with Crippen LogP contribution in [0.2, 0.25) is 0 Å². The number of pyridine rings is 1. The Bertz CT molecular complexity index is 1490. The van der Waals surface area contributed by atoms with Crippen molar-refractivity contribution in [2.75, 3.05) is 44.5 Å². The molecule has 3 aromatic heterocycles. The summed E-state index contributed by atoms with van der Waals surface area (Å²) in [5, 5.41) is 29.5. The molecule has 1 aliphatic heterocycles. The number of piperidine rings is 1. The van der Waals surface area contributed by atoms with E-state index in [1.165, 1.54) is 19.3 Å². The Morgan fingerprint density at radius 3 is 2.42 bits per heavy atom. The van der Waals surface area contributed by atoms with E-state index in [1.807, 2.05) is 49.8 Å². The Morgan fingerprint density at radius 2 is 1.72 bits per heavy atom. The van der Waals surface area contributed by atoms with Crippen LogP contribution in [0.3, 0.4) is 0 Å². The van der Waals surface area contributed by atoms with Crippen molar-refractivity contribution in [2.24, 2.45) is 0 Å². The Morgan fingerprint density at radius 1 is 0.977 bits per heavy atom. The molecule has 43 heavy (non-hydrogen) atoms. The largest absolute Gasteiger partial charge is 0.497 e. The van der Waals surface area contributed by atoms with E-state index < -0.39 is 6.35 Å². The number of benzene rings is 1. The average Bonchev–Trinajstić information content (AvgIpc) is 3.45. The van der Waals surface area contributed by atoms with Gasteiger partial charge in [-0.05, 0) is 70.5 Å². The predicted octanol–water partition coefficient (Wildman–Crippen LogP) is 3.47. The third-order valence-corrected chi connectivity index (χ3v) is 7.18. The molecule has 1 unspecified atom stereocenters. The zero-order valence-electron chi connectivity index (χ0n) is 25.6. The van der Waals surface area contributed by atoms with Crippen molar-refractivity contribution in [1.29, 1.82) is 0 Å². The monoisotopic (exact) mass is 590 g/mol. The summed E-state index contributed by atoms with van der Waals surface area (Å²) in [5.41, 5.74) is 2.45. The maximum Gasteiger partial charge on any atom is 0.225 e. The number of methoxy groups -OCH3 is 2. The number of aliphatic hydroxyl groups is 1. The second-order valence-corrected chi connectivity index (χ2v) is 11.8. The fourth-order valence-corrected chi connectivity index (χ4v) is 5.04. The second-order valence-electron chi connectivity index (χ2n) is 11.8. The average molecular weight is 591 g/mol. The lowest BCUT2D eigenvalue weighted by Gasteiger charge is -2.26. The molecule has 1 atom stereocenters. The standard InChI is InChI=1S/C30H42N10O3/c1-30(2,3)36-29(41)35-27-25(20-13-23(42-4)16-24(14-20)43-5)15-21-17-31-28(34-26(21)33-27)32-18-22-19-40(38-37-22)12-11-39-9-7-6-8-10-39/h13-17,19,29,36,41H,6-12,18H2,1-5H3,(H2,31,32,33,34,35). The second kappa shape index (κ2) is 13.5. The van der Waals surface area contributed by atoms with Crippen LogP contribution in [0.15, 0.2) is 36.7 Å². The highest BCUT2D eigenvalue weighted by Gasteiger charge is 2.19. The summed E-state index contributed by atoms with van der Waals surface area (Å²) < 4.78 is 12.9. The molecule has 0 spiro atoms. The Balaban J connectivity index is 1.36. The topological polar surface area (TPSA) is 147 Å². The molecule has 4 aromatic rings. The van der Waals surface area contributed by atoms with Gasteiger partial charge in [-0.15, -0.1) is 5.10 Å². The number of rotatable bonds is 12. The summed E-state index contributed by atoms with van der Waals surface area (Å²) >= 11 is 0. The number of fused-ring (bicyclic) bond motifs is 1. The van der Waals surface area contributed by atoms with Crippen LogP contribution in [0.4, 0.5) is 11.8 Å². The highest BCUT2D eigenvalue weighted by atomic mass is 16.5. The van der Waals surface area contributed by atoms with Crippen LogP contribution in [-0.2, 0) is 13.1 Å². The lowest BCUT2D eigenvalue weighted by Crippen LogP contribution is -2.47. The molecule has 0 aliphatic carbocycles. The summed E-state index contributed by atoms with van der Waals surface area (Å²) in [6.45, 7) is 10.5. The normalized spacial score (nSPS) is 14.9. The molecule has 1 aliphatic rings. The molecule has 0 amide bonds. The van der Waals surface area contributed by atoms with Crippen LogP contribution in [0, 0.1) is 0 Å². The molecule has 4 N–H and O–H groups in total. The van der Waals surface area contributed by atoms with Gasteiger partial charge in [-0.3, -0.25) is 10.00 Å². The number of aliphatic hydroxyl groups excluding tert-OH is 1. The first-order chi connectivity index (χ1) is 20.7. The van der Waals surface area contributed by atoms with Gasteiger partial charge in [0, 0.05) is 35.3 Å². The molecular formula is C30H42N10O3. The molecule has 13 heteroatoms. The van der Waals surface area contributed by atoms with Crippen LogP contribution in [0.1, 0.15) is 45.7 Å². The highest BCUT2D eigenvalue weighted by molar-refractivity contribution is 5.88. The summed E-state index contributed by atoms with van der Waals surface area (Å²) in [4.78, 5) is 16.4. The Hall–Kier alpha value is -4.07. The van der Waals surface area contributed by atoms with Crippen LogP contribution < -0.4 is 25.4 Å². The van der Waals surface area contributed by atoms with Crippen LogP contribution >= 0.6 is 0 Å². The van der Waals surface area contributed by atoms with E-state index in [-0.39, 0.29) is 5.54 Å². The van der Waals surface area contributed by atoms with Gasteiger partial charge in [0.25, 0.3) is 0 Å². The van der Waals surface area contributed by atoms with Gasteiger partial charge < -0.3 is 30.1 Å². The van der Waals surface area contributed by atoms with Crippen LogP contribution in [0.5, 0.6) is 11.5 Å². The minimum atomic E-state index is -1.06. The summed E-state index contributed by atoms with van der Waals surface area (Å²) in [6, 6.07) is 7.50. The quantitative estimate of drug-likeness (QED) is 0.179. The minimum absolute atomic E-state index is 0.336. The number of hydrogen-bond donors (Lipinski definition) is 4. The van der Waals surface area contributed by atoms with Crippen molar-refractivity contribution in [1.82, 2.24) is 40.2 Å². The van der Waals surface area contributed by atoms with Gasteiger partial charge >= 0.3 is 0 Å². The van der Waals surface area contributed by atoms with E-state index in [9.17, 15) is 5.11 Å². The molecule has 0 saturated carbocycles. The maximum atomic E-state index is 10.8. The van der Waals surface area contributed by atoms with Gasteiger partial charge in [-0.25, -0.2) is 9.97 Å². The zero-order chi connectivity index (χ0) is 30.4. The summed E-state index contributed by atoms with van der Waals surface area (Å²) in [7, 11) is 3.21. The van der Waals surface area contributed by atoms with Crippen molar-refractivity contribution in [3.05, 3.63) is 42.4 Å². The van der Waals surface area contributed by atoms with Crippen molar-refractivity contribution >= 4 is 22.8 Å². The maximum absolute atomic E-state index is 10.8. The predicted molar refractivity (Wildman–Crippen MR) is 166 cm³/mol. The van der Waals surface area contributed by atoms with E-state index in [1.54, 1.807) is 26.5 Å². The van der Waals surface area contributed by atoms with Gasteiger partial charge in [0.05, 0.1) is 33.5 Å². The number of ether oxygens (including phenoxy) is 2. The molecule has 0 radical (unpaired) electrons. The lowest BCUT2D eigenvalue weighted by atomic mass is 10.0. The van der Waals surface area contributed by atoms with Gasteiger partial charge in [-0.1, -0.05) is 11.6 Å². The number of likely N-dealkylation sites (tertiary alicyclic amines) is 1. The highest BCUT2D eigenvalue weighted by Crippen LogP contribution is 2.35. The Labute approximate surface area is 252 Å². The molecule has 1 aromatic carbocycles. The van der Waals surface area contributed by atoms with E-state index >= 15 is 0 Å². The lowest BCUT2D eigenvalue weighted by molar-refractivity contribution is 0.131. The van der Waals surface area contributed by atoms with E-state index in [0.717, 1.165) is 48.4 Å². The van der Waals surface area contributed by atoms with Gasteiger partial charge in [0.2, 0.25) is 5.95 Å². The third-order valence-electron chi connectivity index (χ3n) is 7.18. The zero-order valence-corrected chi connectivity index (χ0v) is 25.6. The fourth-order valence-electron chi connectivity index (χ4n) is 5.04. The third kappa shape index (κ3) is 8.27. The fraction of sp³-hybridized carbons (Fsp3) is 0.500. The number of nitrogens with zero attached hydrogens (tertiary/aromatic N) is 7. The first-order valence-electron chi connectivity index (χ1n) is 14.7. The van der Waals surface area contributed by atoms with Gasteiger partial charge in [0.1, 0.15) is 23.0 Å². The van der Waals surface area contributed by atoms with Crippen molar-refractivity contribution in [3.63, 3.8) is 0 Å². The molecule has 1 saturated heterocycles. The van der Waals surface area contributed by atoms with Gasteiger partial charge in [-0.2, -0.15) is 4.98 Å². The molecule has 1 fully saturated rings. The molecule has 0 bridgehead atoms. The molecule has 13 nitrogen and oxygen atoms in total. The molecular weight excluding hydrogens is 548 g/mol. The van der Waals surface area contributed by atoms with Crippen LogP contribution in [-0.4, -0.2) is 85.7 Å². The SMILES string of the molecule is COc1cc(OC)cc(-c2cc3cnc(NCc4cn(CCN5CCCCC5)nn4)nc3nc2NC(O)NC(C)(C)C)c1. The van der Waals surface area contributed by atoms with Crippen molar-refractivity contribution < 1.29 is 14.6 Å². The van der Waals surface area contributed by atoms with Crippen molar-refractivity contribution in [3.8, 4) is 22.6 Å². The number of aromatic nitrogens is 6. The minimum Gasteiger partial charge on any atom is -0.497 e. The van der Waals surface area contributed by atoms with Crippen LogP contribution in [0.25, 0.3) is 22.2 Å². The number of hydrogen-bond acceptors (Lipinski definition) is 12. The van der Waals surface area contributed by atoms with E-state index in [2.05, 4.69) is 41.1 Å². The smallest absolute Gasteiger partial charge is 0.225 e. The van der Waals surface area contributed by atoms with Crippen molar-refractivity contribution in [2.45, 2.75) is 65.0 Å². The summed E-state index contributed by atoms with van der Waals surface area (Å²) in [6.07, 6.45) is 6.49. The van der Waals surface area contributed by atoms with Gasteiger partial charge in [0.15, 0.2) is 12.0 Å². The van der Waals surface area contributed by atoms with E-state index in [0.29, 0.717) is 35.5 Å². The first kappa shape index (κ1) is 30.4. The Kier molecular flexibility index (Phi) is 9.53. The first-order valence-corrected chi connectivity index (χ1v) is 14.7. The number of nitrogens with one attached hydrogen (secondary N) is 3. The van der Waals surface area contributed by atoms with E-state index in [4.69, 9.17) is 14.5 Å².